The Bertz CT molecular complexity index is 487. The molecule has 0 spiro atoms. The van der Waals surface area contributed by atoms with Crippen LogP contribution in [0.25, 0.3) is 0 Å². The molecule has 4 nitrogen and oxygen atoms in total. The SMILES string of the molecule is Cc1ccc2c(c1)CCN2C(=O)CSCC(=O)O. The Morgan fingerprint density at radius 2 is 2.17 bits per heavy atom. The number of aliphatic carboxylic acids is 1. The third kappa shape index (κ3) is 2.85. The summed E-state index contributed by atoms with van der Waals surface area (Å²) in [7, 11) is 0. The molecule has 1 aromatic rings. The molecule has 1 N–H and O–H groups in total. The lowest BCUT2D eigenvalue weighted by molar-refractivity contribution is -0.133. The van der Waals surface area contributed by atoms with E-state index in [0.29, 0.717) is 6.54 Å². The van der Waals surface area contributed by atoms with E-state index in [4.69, 9.17) is 5.11 Å². The van der Waals surface area contributed by atoms with E-state index < -0.39 is 5.97 Å². The molecule has 96 valence electrons. The Kier molecular flexibility index (Phi) is 3.91. The molecule has 0 atom stereocenters. The lowest BCUT2D eigenvalue weighted by Gasteiger charge is -2.17. The number of fused-ring (bicyclic) bond motifs is 1. The lowest BCUT2D eigenvalue weighted by atomic mass is 10.1. The van der Waals surface area contributed by atoms with Crippen molar-refractivity contribution in [2.75, 3.05) is 23.0 Å². The Hall–Kier alpha value is -1.49. The van der Waals surface area contributed by atoms with Crippen LogP contribution in [0.4, 0.5) is 5.69 Å². The van der Waals surface area contributed by atoms with E-state index in [-0.39, 0.29) is 17.4 Å². The maximum Gasteiger partial charge on any atom is 0.313 e. The molecule has 1 aliphatic rings. The van der Waals surface area contributed by atoms with Crippen molar-refractivity contribution in [1.29, 1.82) is 0 Å². The number of carboxylic acid groups (broad SMARTS) is 1. The van der Waals surface area contributed by atoms with E-state index >= 15 is 0 Å². The van der Waals surface area contributed by atoms with Crippen molar-refractivity contribution in [1.82, 2.24) is 0 Å². The van der Waals surface area contributed by atoms with Gasteiger partial charge in [-0.15, -0.1) is 11.8 Å². The molecule has 1 aliphatic heterocycles. The van der Waals surface area contributed by atoms with Crippen LogP contribution >= 0.6 is 11.8 Å². The number of hydrogen-bond acceptors (Lipinski definition) is 3. The summed E-state index contributed by atoms with van der Waals surface area (Å²) in [5, 5.41) is 8.53. The number of aryl methyl sites for hydroxylation is 1. The van der Waals surface area contributed by atoms with Crippen LogP contribution in [-0.4, -0.2) is 35.0 Å². The minimum Gasteiger partial charge on any atom is -0.481 e. The molecule has 18 heavy (non-hydrogen) atoms. The van der Waals surface area contributed by atoms with E-state index in [0.717, 1.165) is 23.9 Å². The zero-order valence-corrected chi connectivity index (χ0v) is 11.0. The van der Waals surface area contributed by atoms with Gasteiger partial charge >= 0.3 is 5.97 Å². The molecular formula is C13H15NO3S. The molecule has 0 aromatic heterocycles. The zero-order valence-electron chi connectivity index (χ0n) is 10.2. The van der Waals surface area contributed by atoms with Gasteiger partial charge in [-0.05, 0) is 25.0 Å². The minimum atomic E-state index is -0.884. The molecule has 1 amide bonds. The monoisotopic (exact) mass is 265 g/mol. The molecule has 0 radical (unpaired) electrons. The fourth-order valence-corrected chi connectivity index (χ4v) is 2.70. The van der Waals surface area contributed by atoms with Crippen molar-refractivity contribution in [3.05, 3.63) is 29.3 Å². The predicted octanol–water partition coefficient (Wildman–Crippen LogP) is 1.70. The number of nitrogens with zero attached hydrogens (tertiary/aromatic N) is 1. The molecule has 2 rings (SSSR count). The average Bonchev–Trinajstić information content (AvgIpc) is 2.71. The maximum absolute atomic E-state index is 12.0. The molecule has 0 saturated carbocycles. The van der Waals surface area contributed by atoms with Gasteiger partial charge in [0.05, 0.1) is 11.5 Å². The second-order valence-electron chi connectivity index (χ2n) is 4.31. The molecule has 0 bridgehead atoms. The number of benzene rings is 1. The number of anilines is 1. The third-order valence-corrected chi connectivity index (χ3v) is 3.78. The van der Waals surface area contributed by atoms with Crippen molar-refractivity contribution in [3.8, 4) is 0 Å². The summed E-state index contributed by atoms with van der Waals surface area (Å²) in [4.78, 5) is 24.1. The quantitative estimate of drug-likeness (QED) is 0.900. The first-order chi connectivity index (χ1) is 8.58. The number of rotatable bonds is 4. The highest BCUT2D eigenvalue weighted by Gasteiger charge is 2.24. The van der Waals surface area contributed by atoms with Gasteiger partial charge in [0, 0.05) is 12.2 Å². The van der Waals surface area contributed by atoms with E-state index in [1.165, 1.54) is 11.1 Å². The largest absolute Gasteiger partial charge is 0.481 e. The highest BCUT2D eigenvalue weighted by molar-refractivity contribution is 8.00. The van der Waals surface area contributed by atoms with Gasteiger partial charge in [0.1, 0.15) is 0 Å². The number of carbonyl (C=O) groups is 2. The van der Waals surface area contributed by atoms with E-state index in [1.807, 2.05) is 19.1 Å². The summed E-state index contributed by atoms with van der Waals surface area (Å²) in [6, 6.07) is 6.07. The summed E-state index contributed by atoms with van der Waals surface area (Å²) in [6.45, 7) is 2.73. The predicted molar refractivity (Wildman–Crippen MR) is 72.2 cm³/mol. The molecule has 1 aromatic carbocycles. The van der Waals surface area contributed by atoms with E-state index in [1.54, 1.807) is 4.90 Å². The molecule has 0 unspecified atom stereocenters. The van der Waals surface area contributed by atoms with Crippen LogP contribution in [-0.2, 0) is 16.0 Å². The second kappa shape index (κ2) is 5.44. The van der Waals surface area contributed by atoms with Crippen molar-refractivity contribution in [3.63, 3.8) is 0 Å². The van der Waals surface area contributed by atoms with Crippen LogP contribution in [0.5, 0.6) is 0 Å². The Morgan fingerprint density at radius 1 is 1.39 bits per heavy atom. The number of hydrogen-bond donors (Lipinski definition) is 1. The van der Waals surface area contributed by atoms with E-state index in [9.17, 15) is 9.59 Å². The fourth-order valence-electron chi connectivity index (χ4n) is 2.09. The normalized spacial score (nSPS) is 13.5. The van der Waals surface area contributed by atoms with Crippen LogP contribution in [0.15, 0.2) is 18.2 Å². The molecule has 0 fully saturated rings. The molecular weight excluding hydrogens is 250 g/mol. The fraction of sp³-hybridized carbons (Fsp3) is 0.385. The van der Waals surface area contributed by atoms with Crippen LogP contribution in [0, 0.1) is 6.92 Å². The number of carbonyl (C=O) groups excluding carboxylic acids is 1. The summed E-state index contributed by atoms with van der Waals surface area (Å²) >= 11 is 1.14. The van der Waals surface area contributed by atoms with Crippen molar-refractivity contribution < 1.29 is 14.7 Å². The summed E-state index contributed by atoms with van der Waals surface area (Å²) in [6.07, 6.45) is 0.881. The summed E-state index contributed by atoms with van der Waals surface area (Å²) in [5.41, 5.74) is 3.37. The van der Waals surface area contributed by atoms with Gasteiger partial charge in [-0.25, -0.2) is 0 Å². The van der Waals surface area contributed by atoms with Crippen molar-refractivity contribution >= 4 is 29.3 Å². The van der Waals surface area contributed by atoms with Crippen LogP contribution in [0.2, 0.25) is 0 Å². The van der Waals surface area contributed by atoms with Gasteiger partial charge in [0.25, 0.3) is 0 Å². The van der Waals surface area contributed by atoms with Gasteiger partial charge in [-0.2, -0.15) is 0 Å². The summed E-state index contributed by atoms with van der Waals surface area (Å²) < 4.78 is 0. The topological polar surface area (TPSA) is 57.6 Å². The first-order valence-electron chi connectivity index (χ1n) is 5.77. The number of thioether (sulfide) groups is 1. The molecule has 0 aliphatic carbocycles. The van der Waals surface area contributed by atoms with Crippen LogP contribution in [0.3, 0.4) is 0 Å². The second-order valence-corrected chi connectivity index (χ2v) is 5.30. The molecule has 5 heteroatoms. The van der Waals surface area contributed by atoms with E-state index in [2.05, 4.69) is 6.07 Å². The highest BCUT2D eigenvalue weighted by atomic mass is 32.2. The van der Waals surface area contributed by atoms with Crippen LogP contribution < -0.4 is 4.90 Å². The minimum absolute atomic E-state index is 0.0103. The first-order valence-corrected chi connectivity index (χ1v) is 6.93. The van der Waals surface area contributed by atoms with Crippen molar-refractivity contribution in [2.45, 2.75) is 13.3 Å². The maximum atomic E-state index is 12.0. The Labute approximate surface area is 110 Å². The average molecular weight is 265 g/mol. The lowest BCUT2D eigenvalue weighted by Crippen LogP contribution is -2.30. The van der Waals surface area contributed by atoms with Gasteiger partial charge in [0.15, 0.2) is 0 Å². The Morgan fingerprint density at radius 3 is 2.89 bits per heavy atom. The molecule has 0 saturated heterocycles. The van der Waals surface area contributed by atoms with Gasteiger partial charge in [-0.1, -0.05) is 17.7 Å². The van der Waals surface area contributed by atoms with Crippen LogP contribution in [0.1, 0.15) is 11.1 Å². The molecule has 1 heterocycles. The van der Waals surface area contributed by atoms with Gasteiger partial charge < -0.3 is 10.0 Å². The third-order valence-electron chi connectivity index (χ3n) is 2.88. The zero-order chi connectivity index (χ0) is 13.1. The smallest absolute Gasteiger partial charge is 0.313 e. The first kappa shape index (κ1) is 13.0. The highest BCUT2D eigenvalue weighted by Crippen LogP contribution is 2.29. The van der Waals surface area contributed by atoms with Gasteiger partial charge in [-0.3, -0.25) is 9.59 Å². The standard InChI is InChI=1S/C13H15NO3S/c1-9-2-3-11-10(6-9)4-5-14(11)12(15)7-18-8-13(16)17/h2-3,6H,4-5,7-8H2,1H3,(H,16,17). The summed E-state index contributed by atoms with van der Waals surface area (Å²) in [5.74, 6) is -0.700. The van der Waals surface area contributed by atoms with Crippen molar-refractivity contribution in [2.24, 2.45) is 0 Å². The number of amides is 1. The Balaban J connectivity index is 2.00. The van der Waals surface area contributed by atoms with Gasteiger partial charge in [0.2, 0.25) is 5.91 Å². The number of carboxylic acids is 1.